The molecule has 6 aliphatic rings. The van der Waals surface area contributed by atoms with Gasteiger partial charge >= 0.3 is 0 Å². The quantitative estimate of drug-likeness (QED) is 0.115. The summed E-state index contributed by atoms with van der Waals surface area (Å²) in [5.74, 6) is 0. The maximum absolute atomic E-state index is 6.39. The average molecular weight is 840 g/mol. The minimum atomic E-state index is -0.0448. The summed E-state index contributed by atoms with van der Waals surface area (Å²) < 4.78 is 19.2. The van der Waals surface area contributed by atoms with Crippen LogP contribution in [-0.4, -0.2) is 18.3 Å². The largest absolute Gasteiger partial charge is 0.367 e. The van der Waals surface area contributed by atoms with Gasteiger partial charge in [-0.25, -0.2) is 0 Å². The van der Waals surface area contributed by atoms with Crippen molar-refractivity contribution in [2.45, 2.75) is 112 Å². The van der Waals surface area contributed by atoms with Gasteiger partial charge in [0.2, 0.25) is 0 Å². The zero-order valence-corrected chi connectivity index (χ0v) is 36.7. The van der Waals surface area contributed by atoms with Crippen molar-refractivity contribution in [3.63, 3.8) is 0 Å². The summed E-state index contributed by atoms with van der Waals surface area (Å²) in [6, 6.07) is 53.7. The number of hydrogen-bond donors (Lipinski definition) is 0. The topological polar surface area (TPSA) is 30.9 Å². The molecule has 0 atom stereocenters. The van der Waals surface area contributed by atoms with Gasteiger partial charge in [-0.05, 0) is 164 Å². The summed E-state index contributed by atoms with van der Waals surface area (Å²) in [7, 11) is 0. The molecule has 6 aromatic rings. The average Bonchev–Trinajstić information content (AvgIpc) is 4.25. The van der Waals surface area contributed by atoms with Gasteiger partial charge in [0.1, 0.15) is 0 Å². The van der Waals surface area contributed by atoms with Crippen LogP contribution in [0.25, 0.3) is 36.5 Å². The van der Waals surface area contributed by atoms with E-state index >= 15 is 0 Å². The molecule has 6 bridgehead atoms. The number of anilines is 3. The second-order valence-electron chi connectivity index (χ2n) is 19.4. The third-order valence-electron chi connectivity index (χ3n) is 15.6. The third kappa shape index (κ3) is 7.60. The van der Waals surface area contributed by atoms with Gasteiger partial charge in [-0.3, -0.25) is 0 Å². The van der Waals surface area contributed by atoms with Crippen molar-refractivity contribution in [2.75, 3.05) is 4.90 Å². The molecule has 4 heteroatoms. The SMILES string of the molecule is C(=Cc1ccc(C23CCC(CC2)O3)cc1)c1ccc(N(c2ccc(C=Cc3ccc(C45CCC(CC4)O5)cc3)cc2)c2ccc(C=Cc3ccc(C45CCC(CC4)O5)cc3)cc2)cc1. The maximum atomic E-state index is 6.39. The highest BCUT2D eigenvalue weighted by atomic mass is 16.5. The Kier molecular flexibility index (Phi) is 10.2. The Hall–Kier alpha value is -5.78. The van der Waals surface area contributed by atoms with Crippen molar-refractivity contribution < 1.29 is 14.2 Å². The van der Waals surface area contributed by atoms with Crippen LogP contribution in [0.1, 0.15) is 127 Å². The predicted molar refractivity (Wildman–Crippen MR) is 262 cm³/mol. The summed E-state index contributed by atoms with van der Waals surface area (Å²) in [5.41, 5.74) is 14.3. The van der Waals surface area contributed by atoms with E-state index in [1.165, 1.54) is 71.9 Å². The normalized spacial score (nSPS) is 27.8. The highest BCUT2D eigenvalue weighted by molar-refractivity contribution is 5.80. The Morgan fingerprint density at radius 3 is 0.688 bits per heavy atom. The molecule has 4 nitrogen and oxygen atoms in total. The smallest absolute Gasteiger partial charge is 0.0937 e. The molecule has 6 aliphatic heterocycles. The first-order valence-electron chi connectivity index (χ1n) is 24.0. The summed E-state index contributed by atoms with van der Waals surface area (Å²) in [6.45, 7) is 0. The predicted octanol–water partition coefficient (Wildman–Crippen LogP) is 15.2. The molecule has 0 aliphatic carbocycles. The molecular weight excluding hydrogens is 783 g/mol. The molecule has 0 spiro atoms. The Balaban J connectivity index is 0.769. The molecule has 0 amide bonds. The van der Waals surface area contributed by atoms with E-state index in [1.807, 2.05) is 0 Å². The van der Waals surface area contributed by atoms with Crippen molar-refractivity contribution in [3.8, 4) is 0 Å². The maximum Gasteiger partial charge on any atom is 0.0937 e. The lowest BCUT2D eigenvalue weighted by Gasteiger charge is -2.26. The molecule has 0 unspecified atom stereocenters. The van der Waals surface area contributed by atoms with Crippen LogP contribution in [-0.2, 0) is 31.0 Å². The van der Waals surface area contributed by atoms with Crippen molar-refractivity contribution >= 4 is 53.5 Å². The fourth-order valence-electron chi connectivity index (χ4n) is 11.8. The van der Waals surface area contributed by atoms with Crippen LogP contribution < -0.4 is 4.90 Å². The molecule has 0 aromatic heterocycles. The van der Waals surface area contributed by atoms with Crippen LogP contribution in [0.4, 0.5) is 17.1 Å². The van der Waals surface area contributed by atoms with Crippen LogP contribution in [0.3, 0.4) is 0 Å². The second-order valence-corrected chi connectivity index (χ2v) is 19.4. The van der Waals surface area contributed by atoms with E-state index in [-0.39, 0.29) is 16.8 Å². The third-order valence-corrected chi connectivity index (χ3v) is 15.6. The molecule has 6 saturated heterocycles. The Bertz CT molecular complexity index is 2370. The Morgan fingerprint density at radius 1 is 0.297 bits per heavy atom. The van der Waals surface area contributed by atoms with E-state index in [2.05, 4.69) is 187 Å². The van der Waals surface area contributed by atoms with Crippen molar-refractivity contribution in [1.29, 1.82) is 0 Å². The molecule has 6 aromatic carbocycles. The van der Waals surface area contributed by atoms with Gasteiger partial charge < -0.3 is 19.1 Å². The first-order valence-corrected chi connectivity index (χ1v) is 24.0. The van der Waals surface area contributed by atoms with Gasteiger partial charge in [-0.15, -0.1) is 0 Å². The van der Waals surface area contributed by atoms with Crippen molar-refractivity contribution in [1.82, 2.24) is 0 Å². The number of ether oxygens (including phenoxy) is 3. The van der Waals surface area contributed by atoms with Crippen LogP contribution in [0.15, 0.2) is 146 Å². The molecule has 64 heavy (non-hydrogen) atoms. The molecule has 6 fully saturated rings. The lowest BCUT2D eigenvalue weighted by molar-refractivity contribution is 0.00979. The standard InChI is InChI=1S/C60H57NO3/c1(43-7-19-49(20-8-43)58-37-31-55(62-58)32-38-58)4-46-13-25-52(26-14-46)61(53-27-15-47(16-28-53)5-2-44-9-21-50(22-10-44)59-39-33-56(63-59)34-40-59)54-29-17-48(18-30-54)6-3-45-11-23-51(24-12-45)60-41-35-57(64-60)36-42-60/h1-30,55-57H,31-42H2. The summed E-state index contributed by atoms with van der Waals surface area (Å²) in [6.07, 6.45) is 28.7. The summed E-state index contributed by atoms with van der Waals surface area (Å²) in [5, 5.41) is 0. The monoisotopic (exact) mass is 839 g/mol. The molecule has 0 radical (unpaired) electrons. The molecular formula is C60H57NO3. The molecule has 0 N–H and O–H groups in total. The van der Waals surface area contributed by atoms with Crippen LogP contribution >= 0.6 is 0 Å². The molecule has 6 heterocycles. The van der Waals surface area contributed by atoms with Gasteiger partial charge in [0, 0.05) is 17.1 Å². The number of nitrogens with zero attached hydrogens (tertiary/aromatic N) is 1. The van der Waals surface area contributed by atoms with Gasteiger partial charge in [0.15, 0.2) is 0 Å². The minimum absolute atomic E-state index is 0.0448. The van der Waals surface area contributed by atoms with Gasteiger partial charge in [-0.2, -0.15) is 0 Å². The molecule has 320 valence electrons. The van der Waals surface area contributed by atoms with Gasteiger partial charge in [0.25, 0.3) is 0 Å². The summed E-state index contributed by atoms with van der Waals surface area (Å²) in [4.78, 5) is 2.35. The number of fused-ring (bicyclic) bond motifs is 6. The molecule has 12 rings (SSSR count). The lowest BCUT2D eigenvalue weighted by atomic mass is 9.83. The first kappa shape index (κ1) is 39.8. The van der Waals surface area contributed by atoms with Crippen LogP contribution in [0, 0.1) is 0 Å². The number of rotatable bonds is 12. The lowest BCUT2D eigenvalue weighted by Crippen LogP contribution is -2.20. The number of benzene rings is 6. The van der Waals surface area contributed by atoms with E-state index < -0.39 is 0 Å². The number of hydrogen-bond acceptors (Lipinski definition) is 4. The Labute approximate surface area is 378 Å². The van der Waals surface area contributed by atoms with E-state index in [1.54, 1.807) is 0 Å². The van der Waals surface area contributed by atoms with E-state index in [0.29, 0.717) is 18.3 Å². The van der Waals surface area contributed by atoms with Gasteiger partial charge in [0.05, 0.1) is 35.1 Å². The zero-order chi connectivity index (χ0) is 42.6. The highest BCUT2D eigenvalue weighted by Crippen LogP contribution is 2.52. The van der Waals surface area contributed by atoms with Crippen LogP contribution in [0.5, 0.6) is 0 Å². The van der Waals surface area contributed by atoms with Crippen molar-refractivity contribution in [2.24, 2.45) is 0 Å². The van der Waals surface area contributed by atoms with E-state index in [0.717, 1.165) is 72.3 Å². The summed E-state index contributed by atoms with van der Waals surface area (Å²) >= 11 is 0. The minimum Gasteiger partial charge on any atom is -0.367 e. The van der Waals surface area contributed by atoms with Crippen molar-refractivity contribution in [3.05, 3.63) is 196 Å². The van der Waals surface area contributed by atoms with E-state index in [9.17, 15) is 0 Å². The fourth-order valence-corrected chi connectivity index (χ4v) is 11.8. The Morgan fingerprint density at radius 2 is 0.500 bits per heavy atom. The van der Waals surface area contributed by atoms with Crippen LogP contribution in [0.2, 0.25) is 0 Å². The first-order chi connectivity index (χ1) is 31.5. The van der Waals surface area contributed by atoms with Gasteiger partial charge in [-0.1, -0.05) is 146 Å². The zero-order valence-electron chi connectivity index (χ0n) is 36.7. The fraction of sp³-hybridized carbons (Fsp3) is 0.300. The van der Waals surface area contributed by atoms with E-state index in [4.69, 9.17) is 14.2 Å². The highest BCUT2D eigenvalue weighted by Gasteiger charge is 2.49. The molecule has 0 saturated carbocycles. The second kappa shape index (κ2) is 16.3.